The van der Waals surface area contributed by atoms with Crippen molar-refractivity contribution in [1.82, 2.24) is 4.90 Å². The molecule has 0 aliphatic carbocycles. The SMILES string of the molecule is CC(=O)N(CC(=O)Nc1ccc(Oc2ccccc2)cc1)Cc1ccccc1F. The van der Waals surface area contributed by atoms with Crippen molar-refractivity contribution < 1.29 is 18.7 Å². The highest BCUT2D eigenvalue weighted by Crippen LogP contribution is 2.22. The zero-order valence-electron chi connectivity index (χ0n) is 16.0. The average Bonchev–Trinajstić information content (AvgIpc) is 2.71. The number of hydrogen-bond acceptors (Lipinski definition) is 3. The zero-order chi connectivity index (χ0) is 20.6. The van der Waals surface area contributed by atoms with Gasteiger partial charge < -0.3 is 15.0 Å². The van der Waals surface area contributed by atoms with Crippen molar-refractivity contribution >= 4 is 17.5 Å². The van der Waals surface area contributed by atoms with Gasteiger partial charge >= 0.3 is 0 Å². The second kappa shape index (κ2) is 9.50. The number of ether oxygens (including phenoxy) is 1. The molecule has 0 saturated carbocycles. The molecule has 0 bridgehead atoms. The van der Waals surface area contributed by atoms with Crippen molar-refractivity contribution in [3.63, 3.8) is 0 Å². The Morgan fingerprint density at radius 2 is 1.52 bits per heavy atom. The summed E-state index contributed by atoms with van der Waals surface area (Å²) < 4.78 is 19.6. The van der Waals surface area contributed by atoms with Gasteiger partial charge in [-0.25, -0.2) is 4.39 Å². The summed E-state index contributed by atoms with van der Waals surface area (Å²) in [7, 11) is 0. The highest BCUT2D eigenvalue weighted by molar-refractivity contribution is 5.94. The van der Waals surface area contributed by atoms with Crippen LogP contribution in [0.5, 0.6) is 11.5 Å². The first-order valence-corrected chi connectivity index (χ1v) is 9.13. The Balaban J connectivity index is 1.58. The monoisotopic (exact) mass is 392 g/mol. The summed E-state index contributed by atoms with van der Waals surface area (Å²) in [6.07, 6.45) is 0. The molecule has 0 heterocycles. The Morgan fingerprint density at radius 3 is 2.17 bits per heavy atom. The quantitative estimate of drug-likeness (QED) is 0.639. The van der Waals surface area contributed by atoms with Crippen LogP contribution in [0.25, 0.3) is 0 Å². The van der Waals surface area contributed by atoms with E-state index < -0.39 is 5.82 Å². The van der Waals surface area contributed by atoms with E-state index in [2.05, 4.69) is 5.32 Å². The number of para-hydroxylation sites is 1. The van der Waals surface area contributed by atoms with Gasteiger partial charge in [0.2, 0.25) is 11.8 Å². The number of carbonyl (C=O) groups excluding carboxylic acids is 2. The van der Waals surface area contributed by atoms with Crippen molar-refractivity contribution in [3.8, 4) is 11.5 Å². The molecule has 0 fully saturated rings. The normalized spacial score (nSPS) is 10.3. The first-order chi connectivity index (χ1) is 14.0. The number of benzene rings is 3. The van der Waals surface area contributed by atoms with Gasteiger partial charge in [-0.15, -0.1) is 0 Å². The number of anilines is 1. The molecule has 5 nitrogen and oxygen atoms in total. The van der Waals surface area contributed by atoms with E-state index in [1.165, 1.54) is 17.9 Å². The smallest absolute Gasteiger partial charge is 0.244 e. The number of amides is 2. The Bertz CT molecular complexity index is 975. The van der Waals surface area contributed by atoms with Crippen LogP contribution in [-0.2, 0) is 16.1 Å². The molecule has 3 aromatic rings. The maximum Gasteiger partial charge on any atom is 0.244 e. The van der Waals surface area contributed by atoms with Gasteiger partial charge in [0.25, 0.3) is 0 Å². The summed E-state index contributed by atoms with van der Waals surface area (Å²) in [5.41, 5.74) is 0.933. The third-order valence-corrected chi connectivity index (χ3v) is 4.22. The first-order valence-electron chi connectivity index (χ1n) is 9.13. The van der Waals surface area contributed by atoms with E-state index in [9.17, 15) is 14.0 Å². The lowest BCUT2D eigenvalue weighted by Crippen LogP contribution is -2.36. The van der Waals surface area contributed by atoms with Crippen LogP contribution in [0.1, 0.15) is 12.5 Å². The molecule has 0 aliphatic heterocycles. The van der Waals surface area contributed by atoms with Crippen LogP contribution in [-0.4, -0.2) is 23.3 Å². The number of nitrogens with zero attached hydrogens (tertiary/aromatic N) is 1. The predicted octanol–water partition coefficient (Wildman–Crippen LogP) is 4.61. The van der Waals surface area contributed by atoms with E-state index in [0.29, 0.717) is 17.0 Å². The summed E-state index contributed by atoms with van der Waals surface area (Å²) in [4.78, 5) is 25.5. The summed E-state index contributed by atoms with van der Waals surface area (Å²) in [6, 6.07) is 22.5. The average molecular weight is 392 g/mol. The summed E-state index contributed by atoms with van der Waals surface area (Å²) in [5, 5.41) is 2.74. The van der Waals surface area contributed by atoms with E-state index >= 15 is 0 Å². The molecule has 0 aromatic heterocycles. The molecule has 148 valence electrons. The Kier molecular flexibility index (Phi) is 6.58. The number of halogens is 1. The molecule has 2 amide bonds. The third-order valence-electron chi connectivity index (χ3n) is 4.22. The molecule has 0 radical (unpaired) electrons. The molecule has 0 atom stereocenters. The Hall–Kier alpha value is -3.67. The second-order valence-corrected chi connectivity index (χ2v) is 6.45. The fraction of sp³-hybridized carbons (Fsp3) is 0.130. The lowest BCUT2D eigenvalue weighted by Gasteiger charge is -2.21. The first kappa shape index (κ1) is 20.1. The van der Waals surface area contributed by atoms with Gasteiger partial charge in [0, 0.05) is 24.7 Å². The van der Waals surface area contributed by atoms with Crippen molar-refractivity contribution in [3.05, 3.63) is 90.2 Å². The number of carbonyl (C=O) groups is 2. The van der Waals surface area contributed by atoms with Crippen molar-refractivity contribution in [2.75, 3.05) is 11.9 Å². The van der Waals surface area contributed by atoms with Crippen molar-refractivity contribution in [2.24, 2.45) is 0 Å². The van der Waals surface area contributed by atoms with Crippen LogP contribution < -0.4 is 10.1 Å². The van der Waals surface area contributed by atoms with E-state index in [4.69, 9.17) is 4.74 Å². The van der Waals surface area contributed by atoms with E-state index in [1.807, 2.05) is 30.3 Å². The van der Waals surface area contributed by atoms with Crippen molar-refractivity contribution in [2.45, 2.75) is 13.5 Å². The van der Waals surface area contributed by atoms with Gasteiger partial charge in [-0.3, -0.25) is 9.59 Å². The zero-order valence-corrected chi connectivity index (χ0v) is 16.0. The lowest BCUT2D eigenvalue weighted by molar-refractivity contribution is -0.133. The van der Waals surface area contributed by atoms with E-state index in [1.54, 1.807) is 42.5 Å². The maximum atomic E-state index is 13.8. The van der Waals surface area contributed by atoms with Crippen LogP contribution in [0.4, 0.5) is 10.1 Å². The largest absolute Gasteiger partial charge is 0.457 e. The molecule has 6 heteroatoms. The summed E-state index contributed by atoms with van der Waals surface area (Å²) >= 11 is 0. The molecule has 0 unspecified atom stereocenters. The van der Waals surface area contributed by atoms with Crippen molar-refractivity contribution in [1.29, 1.82) is 0 Å². The predicted molar refractivity (Wildman–Crippen MR) is 109 cm³/mol. The standard InChI is InChI=1S/C23H21FN2O3/c1-17(27)26(15-18-7-5-6-10-22(18)24)16-23(28)25-19-11-13-21(14-12-19)29-20-8-3-2-4-9-20/h2-14H,15-16H2,1H3,(H,25,28). The molecule has 3 aromatic carbocycles. The Morgan fingerprint density at radius 1 is 0.897 bits per heavy atom. The fourth-order valence-electron chi connectivity index (χ4n) is 2.72. The molecule has 29 heavy (non-hydrogen) atoms. The van der Waals surface area contributed by atoms with Crippen LogP contribution in [0, 0.1) is 5.82 Å². The minimum absolute atomic E-state index is 0.0271. The summed E-state index contributed by atoms with van der Waals surface area (Å²) in [6.45, 7) is 1.20. The second-order valence-electron chi connectivity index (χ2n) is 6.45. The molecule has 1 N–H and O–H groups in total. The number of hydrogen-bond donors (Lipinski definition) is 1. The van der Waals surface area contributed by atoms with Gasteiger partial charge in [-0.1, -0.05) is 36.4 Å². The number of nitrogens with one attached hydrogen (secondary N) is 1. The minimum Gasteiger partial charge on any atom is -0.457 e. The highest BCUT2D eigenvalue weighted by atomic mass is 19.1. The van der Waals surface area contributed by atoms with E-state index in [0.717, 1.165) is 5.75 Å². The lowest BCUT2D eigenvalue weighted by atomic mass is 10.2. The van der Waals surface area contributed by atoms with Gasteiger partial charge in [0.15, 0.2) is 0 Å². The maximum absolute atomic E-state index is 13.8. The van der Waals surface area contributed by atoms with E-state index in [-0.39, 0.29) is 24.9 Å². The third kappa shape index (κ3) is 5.90. The molecule has 0 spiro atoms. The van der Waals surface area contributed by atoms with Crippen LogP contribution >= 0.6 is 0 Å². The van der Waals surface area contributed by atoms with Gasteiger partial charge in [0.1, 0.15) is 23.9 Å². The van der Waals surface area contributed by atoms with Gasteiger partial charge in [0.05, 0.1) is 0 Å². The van der Waals surface area contributed by atoms with Gasteiger partial charge in [-0.05, 0) is 42.5 Å². The fourth-order valence-corrected chi connectivity index (χ4v) is 2.72. The Labute approximate surface area is 168 Å². The topological polar surface area (TPSA) is 58.6 Å². The molecule has 0 aliphatic rings. The minimum atomic E-state index is -0.409. The number of rotatable bonds is 7. The summed E-state index contributed by atoms with van der Waals surface area (Å²) in [5.74, 6) is 0.269. The molecular weight excluding hydrogens is 371 g/mol. The highest BCUT2D eigenvalue weighted by Gasteiger charge is 2.16. The van der Waals surface area contributed by atoms with Crippen LogP contribution in [0.15, 0.2) is 78.9 Å². The molecule has 0 saturated heterocycles. The van der Waals surface area contributed by atoms with Crippen LogP contribution in [0.2, 0.25) is 0 Å². The molecule has 3 rings (SSSR count). The van der Waals surface area contributed by atoms with Crippen LogP contribution in [0.3, 0.4) is 0 Å². The molecular formula is C23H21FN2O3. The van der Waals surface area contributed by atoms with Gasteiger partial charge in [-0.2, -0.15) is 0 Å².